The molecule has 1 aliphatic heterocycles. The monoisotopic (exact) mass is 443 g/mol. The fraction of sp³-hybridized carbons (Fsp3) is 0.500. The van der Waals surface area contributed by atoms with Crippen molar-refractivity contribution in [1.29, 1.82) is 0 Å². The standard InChI is InChI=1S/C24H34FN5O2/c1-5-32-27-24(31)22-13-21-19(16-29(4)12-6-11-28(2)3)17-30(23(21)14-26-22)15-18-7-9-20(25)10-8-18/h7-10,14,17,22H,5-6,11-13,15-16H2,1-4H3,(H,27,31). The molecule has 0 bridgehead atoms. The van der Waals surface area contributed by atoms with E-state index in [0.717, 1.165) is 42.9 Å². The smallest absolute Gasteiger partial charge is 0.268 e. The number of aliphatic imine (C=N–C) groups is 1. The number of benzene rings is 1. The van der Waals surface area contributed by atoms with E-state index in [-0.39, 0.29) is 11.7 Å². The average Bonchev–Trinajstić information content (AvgIpc) is 3.09. The first-order valence-corrected chi connectivity index (χ1v) is 11.1. The van der Waals surface area contributed by atoms with Crippen LogP contribution < -0.4 is 5.48 Å². The molecule has 1 unspecified atom stereocenters. The second-order valence-electron chi connectivity index (χ2n) is 8.56. The molecule has 7 nitrogen and oxygen atoms in total. The number of aromatic nitrogens is 1. The van der Waals surface area contributed by atoms with Gasteiger partial charge in [-0.1, -0.05) is 12.1 Å². The molecule has 0 radical (unpaired) electrons. The summed E-state index contributed by atoms with van der Waals surface area (Å²) in [4.78, 5) is 26.5. The Hall–Kier alpha value is -2.55. The fourth-order valence-electron chi connectivity index (χ4n) is 3.92. The zero-order chi connectivity index (χ0) is 23.1. The van der Waals surface area contributed by atoms with Gasteiger partial charge in [-0.3, -0.25) is 14.6 Å². The Morgan fingerprint density at radius 1 is 1.25 bits per heavy atom. The lowest BCUT2D eigenvalue weighted by Gasteiger charge is -2.21. The van der Waals surface area contributed by atoms with Crippen LogP contribution in [0.3, 0.4) is 0 Å². The summed E-state index contributed by atoms with van der Waals surface area (Å²) >= 11 is 0. The van der Waals surface area contributed by atoms with E-state index < -0.39 is 6.04 Å². The summed E-state index contributed by atoms with van der Waals surface area (Å²) in [7, 11) is 6.28. The van der Waals surface area contributed by atoms with Crippen molar-refractivity contribution in [3.8, 4) is 0 Å². The highest BCUT2D eigenvalue weighted by Crippen LogP contribution is 2.25. The van der Waals surface area contributed by atoms with Gasteiger partial charge in [-0.15, -0.1) is 0 Å². The lowest BCUT2D eigenvalue weighted by molar-refractivity contribution is -0.134. The molecule has 1 N–H and O–H groups in total. The number of amides is 1. The van der Waals surface area contributed by atoms with Crippen molar-refractivity contribution < 1.29 is 14.0 Å². The van der Waals surface area contributed by atoms with Gasteiger partial charge in [0.25, 0.3) is 5.91 Å². The minimum atomic E-state index is -0.506. The van der Waals surface area contributed by atoms with Crippen LogP contribution in [0, 0.1) is 5.82 Å². The van der Waals surface area contributed by atoms with Crippen LogP contribution in [0.25, 0.3) is 0 Å². The Balaban J connectivity index is 1.80. The third kappa shape index (κ3) is 6.48. The van der Waals surface area contributed by atoms with Crippen LogP contribution in [0.15, 0.2) is 35.5 Å². The third-order valence-electron chi connectivity index (χ3n) is 5.56. The zero-order valence-electron chi connectivity index (χ0n) is 19.5. The van der Waals surface area contributed by atoms with Crippen molar-refractivity contribution >= 4 is 12.1 Å². The molecule has 8 heteroatoms. The maximum Gasteiger partial charge on any atom is 0.268 e. The molecule has 0 fully saturated rings. The molecule has 3 rings (SSSR count). The minimum Gasteiger partial charge on any atom is -0.342 e. The fourth-order valence-corrected chi connectivity index (χ4v) is 3.92. The summed E-state index contributed by atoms with van der Waals surface area (Å²) in [6.07, 6.45) is 5.55. The van der Waals surface area contributed by atoms with Crippen LogP contribution in [0.5, 0.6) is 0 Å². The van der Waals surface area contributed by atoms with E-state index in [2.05, 4.69) is 52.2 Å². The van der Waals surface area contributed by atoms with E-state index in [1.165, 1.54) is 17.7 Å². The van der Waals surface area contributed by atoms with Crippen molar-refractivity contribution in [2.75, 3.05) is 40.8 Å². The molecular weight excluding hydrogens is 409 g/mol. The largest absolute Gasteiger partial charge is 0.342 e. The molecule has 0 aliphatic carbocycles. The molecular formula is C24H34FN5O2. The van der Waals surface area contributed by atoms with Gasteiger partial charge in [-0.25, -0.2) is 9.87 Å². The first kappa shape index (κ1) is 24.1. The molecule has 0 spiro atoms. The number of rotatable bonds is 11. The van der Waals surface area contributed by atoms with Crippen LogP contribution in [0.2, 0.25) is 0 Å². The Kier molecular flexibility index (Phi) is 8.55. The van der Waals surface area contributed by atoms with Gasteiger partial charge < -0.3 is 14.4 Å². The van der Waals surface area contributed by atoms with Crippen molar-refractivity contribution in [2.24, 2.45) is 4.99 Å². The number of nitrogens with one attached hydrogen (secondary N) is 1. The SMILES string of the molecule is CCONC(=O)C1Cc2c(CN(C)CCCN(C)C)cn(Cc3ccc(F)cc3)c2C=N1. The highest BCUT2D eigenvalue weighted by Gasteiger charge is 2.27. The summed E-state index contributed by atoms with van der Waals surface area (Å²) in [6, 6.07) is 6.05. The molecule has 1 atom stereocenters. The summed E-state index contributed by atoms with van der Waals surface area (Å²) in [5.74, 6) is -0.474. The number of hydrogen-bond acceptors (Lipinski definition) is 5. The number of nitrogens with zero attached hydrogens (tertiary/aromatic N) is 4. The summed E-state index contributed by atoms with van der Waals surface area (Å²) in [6.45, 7) is 5.67. The average molecular weight is 444 g/mol. The van der Waals surface area contributed by atoms with Crippen LogP contribution in [0.1, 0.15) is 35.7 Å². The molecule has 0 saturated carbocycles. The van der Waals surface area contributed by atoms with Gasteiger partial charge in [-0.2, -0.15) is 0 Å². The predicted molar refractivity (Wildman–Crippen MR) is 124 cm³/mol. The van der Waals surface area contributed by atoms with Gasteiger partial charge in [0, 0.05) is 31.9 Å². The van der Waals surface area contributed by atoms with Crippen molar-refractivity contribution in [3.05, 3.63) is 58.7 Å². The molecule has 0 saturated heterocycles. The van der Waals surface area contributed by atoms with E-state index in [1.807, 2.05) is 6.92 Å². The predicted octanol–water partition coefficient (Wildman–Crippen LogP) is 2.47. The summed E-state index contributed by atoms with van der Waals surface area (Å²) < 4.78 is 15.5. The Bertz CT molecular complexity index is 923. The zero-order valence-corrected chi connectivity index (χ0v) is 19.5. The normalized spacial score (nSPS) is 15.4. The van der Waals surface area contributed by atoms with E-state index in [1.54, 1.807) is 18.3 Å². The van der Waals surface area contributed by atoms with Crippen LogP contribution in [0.4, 0.5) is 4.39 Å². The van der Waals surface area contributed by atoms with Gasteiger partial charge in [0.15, 0.2) is 0 Å². The van der Waals surface area contributed by atoms with E-state index in [9.17, 15) is 9.18 Å². The van der Waals surface area contributed by atoms with Crippen LogP contribution >= 0.6 is 0 Å². The first-order valence-electron chi connectivity index (χ1n) is 11.1. The molecule has 1 aliphatic rings. The quantitative estimate of drug-likeness (QED) is 0.542. The Morgan fingerprint density at radius 3 is 2.69 bits per heavy atom. The number of hydrogen-bond donors (Lipinski definition) is 1. The Labute approximate surface area is 189 Å². The molecule has 174 valence electrons. The van der Waals surface area contributed by atoms with Gasteiger partial charge in [0.2, 0.25) is 0 Å². The maximum atomic E-state index is 13.3. The molecule has 2 heterocycles. The van der Waals surface area contributed by atoms with Crippen molar-refractivity contribution in [1.82, 2.24) is 19.8 Å². The minimum absolute atomic E-state index is 0.231. The summed E-state index contributed by atoms with van der Waals surface area (Å²) in [5, 5.41) is 0. The van der Waals surface area contributed by atoms with Gasteiger partial charge in [0.05, 0.1) is 12.3 Å². The first-order chi connectivity index (χ1) is 15.4. The highest BCUT2D eigenvalue weighted by atomic mass is 19.1. The molecule has 1 aromatic carbocycles. The van der Waals surface area contributed by atoms with Crippen LogP contribution in [-0.2, 0) is 29.1 Å². The number of hydroxylamine groups is 1. The third-order valence-corrected chi connectivity index (χ3v) is 5.56. The highest BCUT2D eigenvalue weighted by molar-refractivity contribution is 5.89. The van der Waals surface area contributed by atoms with Crippen LogP contribution in [-0.4, -0.2) is 73.4 Å². The van der Waals surface area contributed by atoms with E-state index in [0.29, 0.717) is 19.6 Å². The van der Waals surface area contributed by atoms with Gasteiger partial charge in [0.1, 0.15) is 11.9 Å². The number of carbonyl (C=O) groups is 1. The lowest BCUT2D eigenvalue weighted by atomic mass is 9.99. The topological polar surface area (TPSA) is 62.1 Å². The number of halogens is 1. The van der Waals surface area contributed by atoms with E-state index >= 15 is 0 Å². The lowest BCUT2D eigenvalue weighted by Crippen LogP contribution is -2.36. The Morgan fingerprint density at radius 2 is 2.00 bits per heavy atom. The van der Waals surface area contributed by atoms with Crippen molar-refractivity contribution in [3.63, 3.8) is 0 Å². The van der Waals surface area contributed by atoms with Crippen molar-refractivity contribution in [2.45, 2.75) is 38.9 Å². The maximum absolute atomic E-state index is 13.3. The molecule has 1 aromatic heterocycles. The van der Waals surface area contributed by atoms with Gasteiger partial charge in [-0.05, 0) is 76.4 Å². The van der Waals surface area contributed by atoms with E-state index in [4.69, 9.17) is 4.84 Å². The van der Waals surface area contributed by atoms with Gasteiger partial charge >= 0.3 is 0 Å². The second kappa shape index (κ2) is 11.4. The number of carbonyl (C=O) groups excluding carboxylic acids is 1. The molecule has 2 aromatic rings. The number of fused-ring (bicyclic) bond motifs is 1. The molecule has 32 heavy (non-hydrogen) atoms. The summed E-state index contributed by atoms with van der Waals surface area (Å²) in [5.41, 5.74) is 6.82. The second-order valence-corrected chi connectivity index (χ2v) is 8.56. The molecule has 1 amide bonds.